The van der Waals surface area contributed by atoms with Crippen LogP contribution in [0.25, 0.3) is 21.9 Å². The fraction of sp³-hybridized carbons (Fsp3) is 0.115. The van der Waals surface area contributed by atoms with Crippen molar-refractivity contribution in [1.82, 2.24) is 0 Å². The van der Waals surface area contributed by atoms with E-state index in [1.54, 1.807) is 0 Å². The van der Waals surface area contributed by atoms with Crippen LogP contribution in [0.2, 0.25) is 0 Å². The minimum Gasteiger partial charge on any atom is -0.303 e. The molecule has 0 radical (unpaired) electrons. The molecule has 27 heavy (non-hydrogen) atoms. The predicted molar refractivity (Wildman–Crippen MR) is 111 cm³/mol. The Hall–Kier alpha value is -3.19. The standard InChI is InChI=1S/C26H20O/c1-17(16-27)19-15-14-18-8-2-3-9-20(18)25(19)26-23-12-6-4-10-21(23)22-11-5-7-13-24(22)26/h2-17,26H,1H3. The Balaban J connectivity index is 1.90. The molecule has 1 atom stereocenters. The molecule has 4 aromatic carbocycles. The first-order valence-electron chi connectivity index (χ1n) is 9.44. The van der Waals surface area contributed by atoms with Crippen molar-refractivity contribution in [3.05, 3.63) is 107 Å². The Bertz CT molecular complexity index is 1130. The highest BCUT2D eigenvalue weighted by Gasteiger charge is 2.32. The Morgan fingerprint density at radius 2 is 1.33 bits per heavy atom. The van der Waals surface area contributed by atoms with Crippen LogP contribution < -0.4 is 0 Å². The quantitative estimate of drug-likeness (QED) is 0.350. The number of fused-ring (bicyclic) bond motifs is 4. The number of rotatable bonds is 3. The first-order valence-corrected chi connectivity index (χ1v) is 9.44. The van der Waals surface area contributed by atoms with Crippen molar-refractivity contribution in [2.45, 2.75) is 18.8 Å². The van der Waals surface area contributed by atoms with E-state index in [9.17, 15) is 4.79 Å². The van der Waals surface area contributed by atoms with Gasteiger partial charge in [0.15, 0.2) is 0 Å². The molecule has 0 aromatic heterocycles. The zero-order chi connectivity index (χ0) is 18.4. The number of carbonyl (C=O) groups excluding carboxylic acids is 1. The van der Waals surface area contributed by atoms with Crippen molar-refractivity contribution >= 4 is 17.1 Å². The molecule has 1 unspecified atom stereocenters. The largest absolute Gasteiger partial charge is 0.303 e. The lowest BCUT2D eigenvalue weighted by Crippen LogP contribution is -2.08. The van der Waals surface area contributed by atoms with Crippen molar-refractivity contribution in [3.8, 4) is 11.1 Å². The molecule has 1 aliphatic carbocycles. The van der Waals surface area contributed by atoms with Crippen LogP contribution in [0.15, 0.2) is 84.9 Å². The van der Waals surface area contributed by atoms with Crippen LogP contribution in [0.4, 0.5) is 0 Å². The van der Waals surface area contributed by atoms with E-state index >= 15 is 0 Å². The number of hydrogen-bond acceptors (Lipinski definition) is 1. The average molecular weight is 348 g/mol. The number of carbonyl (C=O) groups is 1. The lowest BCUT2D eigenvalue weighted by molar-refractivity contribution is -0.108. The lowest BCUT2D eigenvalue weighted by Gasteiger charge is -2.22. The highest BCUT2D eigenvalue weighted by Crippen LogP contribution is 2.50. The van der Waals surface area contributed by atoms with Crippen LogP contribution in [0, 0.1) is 0 Å². The lowest BCUT2D eigenvalue weighted by atomic mass is 9.80. The maximum Gasteiger partial charge on any atom is 0.127 e. The van der Waals surface area contributed by atoms with Gasteiger partial charge in [-0.2, -0.15) is 0 Å². The predicted octanol–water partition coefficient (Wildman–Crippen LogP) is 6.30. The molecule has 0 saturated carbocycles. The summed E-state index contributed by atoms with van der Waals surface area (Å²) in [5.74, 6) is 0.0189. The summed E-state index contributed by atoms with van der Waals surface area (Å²) in [4.78, 5) is 11.7. The molecule has 5 rings (SSSR count). The Kier molecular flexibility index (Phi) is 3.68. The van der Waals surface area contributed by atoms with Crippen LogP contribution in [0.3, 0.4) is 0 Å². The van der Waals surface area contributed by atoms with Gasteiger partial charge < -0.3 is 4.79 Å². The molecular formula is C26H20O. The van der Waals surface area contributed by atoms with Crippen LogP contribution in [0.5, 0.6) is 0 Å². The maximum atomic E-state index is 11.7. The Morgan fingerprint density at radius 1 is 0.741 bits per heavy atom. The van der Waals surface area contributed by atoms with E-state index in [0.717, 1.165) is 11.8 Å². The van der Waals surface area contributed by atoms with Crippen LogP contribution >= 0.6 is 0 Å². The highest BCUT2D eigenvalue weighted by atomic mass is 16.1. The van der Waals surface area contributed by atoms with E-state index in [1.807, 2.05) is 6.92 Å². The van der Waals surface area contributed by atoms with E-state index < -0.39 is 0 Å². The number of benzene rings is 4. The third kappa shape index (κ3) is 2.35. The SMILES string of the molecule is CC(C=O)c1ccc2ccccc2c1C1c2ccccc2-c2ccccc21. The van der Waals surface area contributed by atoms with E-state index in [1.165, 1.54) is 38.6 Å². The van der Waals surface area contributed by atoms with E-state index in [-0.39, 0.29) is 11.8 Å². The molecule has 130 valence electrons. The Labute approximate surface area is 159 Å². The summed E-state index contributed by atoms with van der Waals surface area (Å²) < 4.78 is 0. The molecule has 4 aromatic rings. The van der Waals surface area contributed by atoms with Gasteiger partial charge in [-0.15, -0.1) is 0 Å². The van der Waals surface area contributed by atoms with Crippen molar-refractivity contribution in [3.63, 3.8) is 0 Å². The third-order valence-electron chi connectivity index (χ3n) is 5.82. The molecule has 1 nitrogen and oxygen atoms in total. The average Bonchev–Trinajstić information content (AvgIpc) is 3.06. The van der Waals surface area contributed by atoms with Crippen LogP contribution in [-0.4, -0.2) is 6.29 Å². The summed E-state index contributed by atoms with van der Waals surface area (Å²) in [5, 5.41) is 2.46. The van der Waals surface area contributed by atoms with Gasteiger partial charge in [0.1, 0.15) is 6.29 Å². The first-order chi connectivity index (χ1) is 13.3. The third-order valence-corrected chi connectivity index (χ3v) is 5.82. The van der Waals surface area contributed by atoms with Gasteiger partial charge in [0.2, 0.25) is 0 Å². The summed E-state index contributed by atoms with van der Waals surface area (Å²) in [7, 11) is 0. The number of aldehydes is 1. The van der Waals surface area contributed by atoms with E-state index in [0.29, 0.717) is 0 Å². The van der Waals surface area contributed by atoms with Gasteiger partial charge in [-0.25, -0.2) is 0 Å². The molecule has 1 aliphatic rings. The summed E-state index contributed by atoms with van der Waals surface area (Å²) in [5.41, 5.74) is 7.65. The summed E-state index contributed by atoms with van der Waals surface area (Å²) in [6.07, 6.45) is 1.06. The minimum atomic E-state index is -0.135. The molecule has 1 heteroatoms. The van der Waals surface area contributed by atoms with E-state index in [4.69, 9.17) is 0 Å². The molecule has 0 aliphatic heterocycles. The Morgan fingerprint density at radius 3 is 2.00 bits per heavy atom. The molecule has 0 N–H and O–H groups in total. The molecule has 0 bridgehead atoms. The normalized spacial score (nSPS) is 14.0. The van der Waals surface area contributed by atoms with Crippen molar-refractivity contribution < 1.29 is 4.79 Å². The summed E-state index contributed by atoms with van der Waals surface area (Å²) >= 11 is 0. The van der Waals surface area contributed by atoms with Crippen molar-refractivity contribution in [1.29, 1.82) is 0 Å². The topological polar surface area (TPSA) is 17.1 Å². The molecule has 0 spiro atoms. The molecule has 0 heterocycles. The zero-order valence-corrected chi connectivity index (χ0v) is 15.2. The molecule has 0 amide bonds. The maximum absolute atomic E-state index is 11.7. The van der Waals surface area contributed by atoms with Gasteiger partial charge in [0, 0.05) is 11.8 Å². The second kappa shape index (κ2) is 6.21. The molecular weight excluding hydrogens is 328 g/mol. The van der Waals surface area contributed by atoms with Gasteiger partial charge in [-0.3, -0.25) is 0 Å². The summed E-state index contributed by atoms with van der Waals surface area (Å²) in [6, 6.07) is 30.1. The van der Waals surface area contributed by atoms with Crippen molar-refractivity contribution in [2.75, 3.05) is 0 Å². The summed E-state index contributed by atoms with van der Waals surface area (Å²) in [6.45, 7) is 1.99. The van der Waals surface area contributed by atoms with Gasteiger partial charge in [-0.1, -0.05) is 91.9 Å². The second-order valence-corrected chi connectivity index (χ2v) is 7.32. The smallest absolute Gasteiger partial charge is 0.127 e. The van der Waals surface area contributed by atoms with Gasteiger partial charge in [-0.05, 0) is 44.2 Å². The van der Waals surface area contributed by atoms with E-state index in [2.05, 4.69) is 84.9 Å². The molecule has 0 fully saturated rings. The van der Waals surface area contributed by atoms with Crippen LogP contribution in [0.1, 0.15) is 41.0 Å². The van der Waals surface area contributed by atoms with Gasteiger partial charge in [0.05, 0.1) is 0 Å². The fourth-order valence-electron chi connectivity index (χ4n) is 4.57. The second-order valence-electron chi connectivity index (χ2n) is 7.32. The van der Waals surface area contributed by atoms with Gasteiger partial charge in [0.25, 0.3) is 0 Å². The first kappa shape index (κ1) is 16.0. The number of hydrogen-bond donors (Lipinski definition) is 0. The molecule has 0 saturated heterocycles. The van der Waals surface area contributed by atoms with Crippen LogP contribution in [-0.2, 0) is 4.79 Å². The zero-order valence-electron chi connectivity index (χ0n) is 15.2. The highest BCUT2D eigenvalue weighted by molar-refractivity contribution is 5.92. The minimum absolute atomic E-state index is 0.135. The fourth-order valence-corrected chi connectivity index (χ4v) is 4.57. The van der Waals surface area contributed by atoms with Crippen molar-refractivity contribution in [2.24, 2.45) is 0 Å². The monoisotopic (exact) mass is 348 g/mol. The van der Waals surface area contributed by atoms with Gasteiger partial charge >= 0.3 is 0 Å².